The molecule has 2 rings (SSSR count). The van der Waals surface area contributed by atoms with E-state index < -0.39 is 0 Å². The molecule has 2 N–H and O–H groups in total. The molecule has 1 aliphatic heterocycles. The van der Waals surface area contributed by atoms with Gasteiger partial charge in [0.25, 0.3) is 5.91 Å². The summed E-state index contributed by atoms with van der Waals surface area (Å²) in [6.07, 6.45) is 0. The fraction of sp³-hybridized carbons (Fsp3) is 0.364. The molecule has 1 aromatic carbocycles. The van der Waals surface area contributed by atoms with E-state index in [0.717, 1.165) is 0 Å². The fourth-order valence-electron chi connectivity index (χ4n) is 1.49. The van der Waals surface area contributed by atoms with Gasteiger partial charge in [-0.15, -0.1) is 0 Å². The average molecular weight is 222 g/mol. The summed E-state index contributed by atoms with van der Waals surface area (Å²) in [6, 6.07) is 3.26. The first kappa shape index (κ1) is 10.6. The lowest BCUT2D eigenvalue weighted by Crippen LogP contribution is -2.26. The summed E-state index contributed by atoms with van der Waals surface area (Å²) in [7, 11) is 1.73. The highest BCUT2D eigenvalue weighted by Crippen LogP contribution is 2.36. The summed E-state index contributed by atoms with van der Waals surface area (Å²) in [4.78, 5) is 13.5. The molecule has 16 heavy (non-hydrogen) atoms. The maximum absolute atomic E-state index is 11.9. The first-order valence-corrected chi connectivity index (χ1v) is 5.08. The number of benzene rings is 1. The summed E-state index contributed by atoms with van der Waals surface area (Å²) < 4.78 is 10.4. The molecule has 0 fully saturated rings. The van der Waals surface area contributed by atoms with E-state index in [1.165, 1.54) is 0 Å². The zero-order valence-electron chi connectivity index (χ0n) is 9.32. The van der Waals surface area contributed by atoms with Gasteiger partial charge in [-0.3, -0.25) is 4.79 Å². The molecule has 0 aliphatic carbocycles. The van der Waals surface area contributed by atoms with Crippen LogP contribution in [0.5, 0.6) is 11.5 Å². The molecule has 0 saturated carbocycles. The van der Waals surface area contributed by atoms with Crippen LogP contribution >= 0.6 is 0 Å². The van der Waals surface area contributed by atoms with Crippen LogP contribution in [0.1, 0.15) is 17.3 Å². The van der Waals surface area contributed by atoms with Gasteiger partial charge >= 0.3 is 0 Å². The lowest BCUT2D eigenvalue weighted by molar-refractivity contribution is 0.0803. The lowest BCUT2D eigenvalue weighted by Gasteiger charge is -2.16. The van der Waals surface area contributed by atoms with Gasteiger partial charge in [0, 0.05) is 25.3 Å². The van der Waals surface area contributed by atoms with Gasteiger partial charge in [-0.1, -0.05) is 0 Å². The number of fused-ring (bicyclic) bond motifs is 1. The SMILES string of the molecule is CCN(C)C(=O)c1cc2c(cc1N)OCO2. The molecule has 1 aliphatic rings. The Kier molecular flexibility index (Phi) is 2.60. The van der Waals surface area contributed by atoms with Gasteiger partial charge in [0.15, 0.2) is 11.5 Å². The van der Waals surface area contributed by atoms with Crippen LogP contribution in [0.4, 0.5) is 5.69 Å². The molecule has 1 amide bonds. The Morgan fingerprint density at radius 2 is 2.06 bits per heavy atom. The molecule has 1 aromatic rings. The van der Waals surface area contributed by atoms with Crippen molar-refractivity contribution in [1.82, 2.24) is 4.90 Å². The normalized spacial score (nSPS) is 12.6. The lowest BCUT2D eigenvalue weighted by atomic mass is 10.1. The van der Waals surface area contributed by atoms with Crippen LogP contribution in [0.2, 0.25) is 0 Å². The number of rotatable bonds is 2. The van der Waals surface area contributed by atoms with Crippen molar-refractivity contribution in [1.29, 1.82) is 0 Å². The third kappa shape index (κ3) is 1.64. The molecule has 0 atom stereocenters. The van der Waals surface area contributed by atoms with Gasteiger partial charge in [-0.05, 0) is 13.0 Å². The van der Waals surface area contributed by atoms with Crippen molar-refractivity contribution < 1.29 is 14.3 Å². The third-order valence-electron chi connectivity index (χ3n) is 2.60. The number of carbonyl (C=O) groups is 1. The Morgan fingerprint density at radius 3 is 2.69 bits per heavy atom. The molecule has 0 aromatic heterocycles. The molecule has 5 heteroatoms. The van der Waals surface area contributed by atoms with Crippen molar-refractivity contribution in [2.45, 2.75) is 6.92 Å². The summed E-state index contributed by atoms with van der Waals surface area (Å²) in [5.41, 5.74) is 6.67. The molecular formula is C11H14N2O3. The smallest absolute Gasteiger partial charge is 0.255 e. The largest absolute Gasteiger partial charge is 0.454 e. The molecule has 0 saturated heterocycles. The Labute approximate surface area is 93.7 Å². The summed E-state index contributed by atoms with van der Waals surface area (Å²) in [5, 5.41) is 0. The van der Waals surface area contributed by atoms with Crippen LogP contribution in [0.3, 0.4) is 0 Å². The van der Waals surface area contributed by atoms with Gasteiger partial charge in [0.2, 0.25) is 6.79 Å². The standard InChI is InChI=1S/C11H14N2O3/c1-3-13(2)11(14)7-4-9-10(5-8(7)12)16-6-15-9/h4-5H,3,6,12H2,1-2H3. The molecule has 0 unspecified atom stereocenters. The van der Waals surface area contributed by atoms with Crippen molar-refractivity contribution in [3.63, 3.8) is 0 Å². The highest BCUT2D eigenvalue weighted by Gasteiger charge is 2.20. The number of hydrogen-bond donors (Lipinski definition) is 1. The minimum atomic E-state index is -0.113. The molecule has 0 spiro atoms. The molecular weight excluding hydrogens is 208 g/mol. The second-order valence-corrected chi connectivity index (χ2v) is 3.61. The van der Waals surface area contributed by atoms with Gasteiger partial charge in [-0.25, -0.2) is 0 Å². The first-order valence-electron chi connectivity index (χ1n) is 5.08. The van der Waals surface area contributed by atoms with Crippen molar-refractivity contribution in [2.24, 2.45) is 0 Å². The van der Waals surface area contributed by atoms with Gasteiger partial charge in [0.1, 0.15) is 0 Å². The Bertz CT molecular complexity index is 431. The molecule has 0 radical (unpaired) electrons. The van der Waals surface area contributed by atoms with Crippen LogP contribution in [-0.4, -0.2) is 31.2 Å². The zero-order valence-corrected chi connectivity index (χ0v) is 9.32. The quantitative estimate of drug-likeness (QED) is 0.761. The van der Waals surface area contributed by atoms with E-state index in [0.29, 0.717) is 29.3 Å². The van der Waals surface area contributed by atoms with Crippen LogP contribution in [-0.2, 0) is 0 Å². The molecule has 5 nitrogen and oxygen atoms in total. The monoisotopic (exact) mass is 222 g/mol. The molecule has 86 valence electrons. The summed E-state index contributed by atoms with van der Waals surface area (Å²) >= 11 is 0. The van der Waals surface area contributed by atoms with Crippen LogP contribution in [0, 0.1) is 0 Å². The Morgan fingerprint density at radius 1 is 1.44 bits per heavy atom. The number of nitrogen functional groups attached to an aromatic ring is 1. The van der Waals surface area contributed by atoms with Crippen LogP contribution in [0.15, 0.2) is 12.1 Å². The number of nitrogens with zero attached hydrogens (tertiary/aromatic N) is 1. The maximum Gasteiger partial charge on any atom is 0.255 e. The minimum absolute atomic E-state index is 0.113. The van der Waals surface area contributed by atoms with Crippen molar-refractivity contribution in [3.05, 3.63) is 17.7 Å². The highest BCUT2D eigenvalue weighted by molar-refractivity contribution is 6.00. The van der Waals surface area contributed by atoms with Crippen molar-refractivity contribution >= 4 is 11.6 Å². The average Bonchev–Trinajstić information content (AvgIpc) is 2.72. The fourth-order valence-corrected chi connectivity index (χ4v) is 1.49. The van der Waals surface area contributed by atoms with Crippen LogP contribution in [0.25, 0.3) is 0 Å². The number of carbonyl (C=O) groups excluding carboxylic acids is 1. The number of amides is 1. The van der Waals surface area contributed by atoms with E-state index in [2.05, 4.69) is 0 Å². The van der Waals surface area contributed by atoms with E-state index in [9.17, 15) is 4.79 Å². The second kappa shape index (κ2) is 3.92. The van der Waals surface area contributed by atoms with Crippen molar-refractivity contribution in [2.75, 3.05) is 26.1 Å². The van der Waals surface area contributed by atoms with Gasteiger partial charge < -0.3 is 20.1 Å². The topological polar surface area (TPSA) is 64.8 Å². The zero-order chi connectivity index (χ0) is 11.7. The maximum atomic E-state index is 11.9. The number of hydrogen-bond acceptors (Lipinski definition) is 4. The Balaban J connectivity index is 2.38. The molecule has 0 bridgehead atoms. The number of nitrogens with two attached hydrogens (primary N) is 1. The predicted octanol–water partition coefficient (Wildman–Crippen LogP) is 1.09. The minimum Gasteiger partial charge on any atom is -0.454 e. The van der Waals surface area contributed by atoms with E-state index in [1.807, 2.05) is 6.92 Å². The Hall–Kier alpha value is -1.91. The first-order chi connectivity index (χ1) is 7.63. The van der Waals surface area contributed by atoms with Gasteiger partial charge in [0.05, 0.1) is 5.56 Å². The van der Waals surface area contributed by atoms with E-state index in [4.69, 9.17) is 15.2 Å². The number of anilines is 1. The summed E-state index contributed by atoms with van der Waals surface area (Å²) in [6.45, 7) is 2.71. The summed E-state index contributed by atoms with van der Waals surface area (Å²) in [5.74, 6) is 1.05. The third-order valence-corrected chi connectivity index (χ3v) is 2.60. The van der Waals surface area contributed by atoms with Crippen molar-refractivity contribution in [3.8, 4) is 11.5 Å². The highest BCUT2D eigenvalue weighted by atomic mass is 16.7. The second-order valence-electron chi connectivity index (χ2n) is 3.61. The van der Waals surface area contributed by atoms with E-state index in [1.54, 1.807) is 24.1 Å². The molecule has 1 heterocycles. The number of ether oxygens (including phenoxy) is 2. The predicted molar refractivity (Wildman–Crippen MR) is 59.6 cm³/mol. The van der Waals surface area contributed by atoms with Gasteiger partial charge in [-0.2, -0.15) is 0 Å². The van der Waals surface area contributed by atoms with Crippen LogP contribution < -0.4 is 15.2 Å². The van der Waals surface area contributed by atoms with E-state index >= 15 is 0 Å². The van der Waals surface area contributed by atoms with E-state index in [-0.39, 0.29) is 12.7 Å².